The van der Waals surface area contributed by atoms with Crippen LogP contribution in [0.2, 0.25) is 0 Å². The van der Waals surface area contributed by atoms with E-state index >= 15 is 0 Å². The summed E-state index contributed by atoms with van der Waals surface area (Å²) in [5.41, 5.74) is 3.40. The molecule has 0 fully saturated rings. The van der Waals surface area contributed by atoms with Gasteiger partial charge < -0.3 is 0 Å². The Labute approximate surface area is 157 Å². The highest BCUT2D eigenvalue weighted by atomic mass is 32.2. The molecule has 0 spiro atoms. The van der Waals surface area contributed by atoms with Crippen LogP contribution in [0.15, 0.2) is 71.3 Å². The molecule has 0 saturated carbocycles. The number of hydrogen-bond donors (Lipinski definition) is 0. The van der Waals surface area contributed by atoms with Gasteiger partial charge in [0.2, 0.25) is 0 Å². The van der Waals surface area contributed by atoms with Crippen LogP contribution in [0.1, 0.15) is 12.5 Å². The van der Waals surface area contributed by atoms with Gasteiger partial charge in [0.25, 0.3) is 0 Å². The quantitative estimate of drug-likeness (QED) is 0.472. The van der Waals surface area contributed by atoms with E-state index in [1.807, 2.05) is 60.8 Å². The average molecular weight is 356 g/mol. The number of benzene rings is 2. The molecular formula is C21H16N4S. The van der Waals surface area contributed by atoms with Crippen LogP contribution in [0.25, 0.3) is 23.0 Å². The van der Waals surface area contributed by atoms with Crippen molar-refractivity contribution in [1.29, 1.82) is 10.5 Å². The van der Waals surface area contributed by atoms with Crippen LogP contribution < -0.4 is 0 Å². The van der Waals surface area contributed by atoms with Crippen LogP contribution in [0.5, 0.6) is 0 Å². The molecule has 4 nitrogen and oxygen atoms in total. The summed E-state index contributed by atoms with van der Waals surface area (Å²) in [6, 6.07) is 21.7. The Morgan fingerprint density at radius 1 is 1.08 bits per heavy atom. The van der Waals surface area contributed by atoms with Gasteiger partial charge in [0.1, 0.15) is 23.4 Å². The van der Waals surface area contributed by atoms with Crippen LogP contribution in [0.3, 0.4) is 0 Å². The lowest BCUT2D eigenvalue weighted by molar-refractivity contribution is 0.884. The molecule has 0 aliphatic carbocycles. The summed E-state index contributed by atoms with van der Waals surface area (Å²) in [6.07, 6.45) is 3.42. The van der Waals surface area contributed by atoms with Crippen molar-refractivity contribution >= 4 is 17.8 Å². The van der Waals surface area contributed by atoms with E-state index in [2.05, 4.69) is 19.1 Å². The van der Waals surface area contributed by atoms with Gasteiger partial charge >= 0.3 is 0 Å². The lowest BCUT2D eigenvalue weighted by atomic mass is 10.1. The maximum absolute atomic E-state index is 9.10. The third-order valence-corrected chi connectivity index (χ3v) is 4.64. The second kappa shape index (κ2) is 8.20. The molecule has 0 unspecified atom stereocenters. The maximum Gasteiger partial charge on any atom is 0.130 e. The molecule has 2 aromatic carbocycles. The van der Waals surface area contributed by atoms with Gasteiger partial charge in [-0.2, -0.15) is 15.6 Å². The van der Waals surface area contributed by atoms with E-state index in [0.29, 0.717) is 0 Å². The first-order valence-corrected chi connectivity index (χ1v) is 9.14. The first-order chi connectivity index (χ1) is 12.7. The van der Waals surface area contributed by atoms with Crippen molar-refractivity contribution in [3.63, 3.8) is 0 Å². The van der Waals surface area contributed by atoms with E-state index in [9.17, 15) is 0 Å². The van der Waals surface area contributed by atoms with Crippen LogP contribution in [0.4, 0.5) is 0 Å². The van der Waals surface area contributed by atoms with Crippen molar-refractivity contribution in [3.8, 4) is 29.1 Å². The number of allylic oxidation sites excluding steroid dienone is 1. The van der Waals surface area contributed by atoms with Gasteiger partial charge in [-0.25, -0.2) is 4.68 Å². The summed E-state index contributed by atoms with van der Waals surface area (Å²) in [4.78, 5) is 1.20. The largest absolute Gasteiger partial charge is 0.240 e. The fraction of sp³-hybridized carbons (Fsp3) is 0.0952. The Morgan fingerprint density at radius 3 is 2.38 bits per heavy atom. The summed E-state index contributed by atoms with van der Waals surface area (Å²) < 4.78 is 1.77. The van der Waals surface area contributed by atoms with Crippen molar-refractivity contribution in [2.75, 3.05) is 5.75 Å². The van der Waals surface area contributed by atoms with E-state index in [-0.39, 0.29) is 5.57 Å². The fourth-order valence-corrected chi connectivity index (χ4v) is 3.21. The summed E-state index contributed by atoms with van der Waals surface area (Å²) >= 11 is 1.78. The Morgan fingerprint density at radius 2 is 1.77 bits per heavy atom. The molecule has 0 aliphatic heterocycles. The van der Waals surface area contributed by atoms with E-state index in [0.717, 1.165) is 28.3 Å². The monoisotopic (exact) mass is 356 g/mol. The Kier molecular flexibility index (Phi) is 5.53. The molecule has 3 aromatic rings. The van der Waals surface area contributed by atoms with Gasteiger partial charge in [-0.1, -0.05) is 37.3 Å². The average Bonchev–Trinajstić information content (AvgIpc) is 3.11. The third-order valence-electron chi connectivity index (χ3n) is 3.74. The standard InChI is InChI=1S/C21H16N4S/c1-2-26-20-10-8-17(9-11-20)21-18(12-16(13-22)14-23)15-25(24-21)19-6-4-3-5-7-19/h3-12,15H,2H2,1H3. The Bertz CT molecular complexity index is 987. The number of rotatable bonds is 5. The molecule has 1 aromatic heterocycles. The molecule has 0 radical (unpaired) electrons. The minimum atomic E-state index is 0.0528. The molecule has 0 atom stereocenters. The zero-order chi connectivity index (χ0) is 18.4. The lowest BCUT2D eigenvalue weighted by Gasteiger charge is -2.02. The Balaban J connectivity index is 2.10. The molecule has 0 N–H and O–H groups in total. The van der Waals surface area contributed by atoms with Crippen molar-refractivity contribution in [1.82, 2.24) is 9.78 Å². The molecule has 0 amide bonds. The van der Waals surface area contributed by atoms with Gasteiger partial charge in [-0.15, -0.1) is 11.8 Å². The molecule has 1 heterocycles. The van der Waals surface area contributed by atoms with Gasteiger partial charge in [0.15, 0.2) is 0 Å². The minimum absolute atomic E-state index is 0.0528. The van der Waals surface area contributed by atoms with Crippen LogP contribution in [-0.4, -0.2) is 15.5 Å². The number of para-hydroxylation sites is 1. The number of hydrogen-bond acceptors (Lipinski definition) is 4. The SMILES string of the molecule is CCSc1ccc(-c2nn(-c3ccccc3)cc2C=C(C#N)C#N)cc1. The highest BCUT2D eigenvalue weighted by Gasteiger charge is 2.12. The summed E-state index contributed by atoms with van der Waals surface area (Å²) in [7, 11) is 0. The zero-order valence-corrected chi connectivity index (χ0v) is 15.1. The normalized spacial score (nSPS) is 9.96. The fourth-order valence-electron chi connectivity index (χ4n) is 2.55. The summed E-state index contributed by atoms with van der Waals surface area (Å²) in [5, 5.41) is 22.9. The van der Waals surface area contributed by atoms with Crippen LogP contribution >= 0.6 is 11.8 Å². The molecule has 0 bridgehead atoms. The molecule has 0 aliphatic rings. The highest BCUT2D eigenvalue weighted by molar-refractivity contribution is 7.99. The van der Waals surface area contributed by atoms with Crippen molar-refractivity contribution in [2.24, 2.45) is 0 Å². The number of nitriles is 2. The second-order valence-electron chi connectivity index (χ2n) is 5.45. The molecule has 26 heavy (non-hydrogen) atoms. The first kappa shape index (κ1) is 17.5. The zero-order valence-electron chi connectivity index (χ0n) is 14.3. The van der Waals surface area contributed by atoms with Crippen LogP contribution in [0, 0.1) is 22.7 Å². The van der Waals surface area contributed by atoms with Gasteiger partial charge in [-0.3, -0.25) is 0 Å². The Hall–Kier alpha value is -3.28. The topological polar surface area (TPSA) is 65.4 Å². The van der Waals surface area contributed by atoms with Crippen molar-refractivity contribution < 1.29 is 0 Å². The molecule has 3 rings (SSSR count). The molecular weight excluding hydrogens is 340 g/mol. The maximum atomic E-state index is 9.10. The van der Waals surface area contributed by atoms with Gasteiger partial charge in [0.05, 0.1) is 5.69 Å². The van der Waals surface area contributed by atoms with E-state index in [1.165, 1.54) is 4.90 Å². The van der Waals surface area contributed by atoms with Crippen LogP contribution in [-0.2, 0) is 0 Å². The highest BCUT2D eigenvalue weighted by Crippen LogP contribution is 2.28. The van der Waals surface area contributed by atoms with Crippen molar-refractivity contribution in [3.05, 3.63) is 71.9 Å². The third kappa shape index (κ3) is 3.85. The van der Waals surface area contributed by atoms with E-state index in [1.54, 1.807) is 22.5 Å². The van der Waals surface area contributed by atoms with Gasteiger partial charge in [0, 0.05) is 22.2 Å². The lowest BCUT2D eigenvalue weighted by Crippen LogP contribution is -1.93. The summed E-state index contributed by atoms with van der Waals surface area (Å²) in [5.74, 6) is 1.02. The van der Waals surface area contributed by atoms with Crippen molar-refractivity contribution in [2.45, 2.75) is 11.8 Å². The number of thioether (sulfide) groups is 1. The smallest absolute Gasteiger partial charge is 0.130 e. The number of aromatic nitrogens is 2. The molecule has 126 valence electrons. The molecule has 0 saturated heterocycles. The van der Waals surface area contributed by atoms with E-state index in [4.69, 9.17) is 15.6 Å². The predicted molar refractivity (Wildman–Crippen MR) is 105 cm³/mol. The minimum Gasteiger partial charge on any atom is -0.240 e. The second-order valence-corrected chi connectivity index (χ2v) is 6.79. The number of nitrogens with zero attached hydrogens (tertiary/aromatic N) is 4. The molecule has 5 heteroatoms. The first-order valence-electron chi connectivity index (χ1n) is 8.15. The predicted octanol–water partition coefficient (Wildman–Crippen LogP) is 5.08. The summed E-state index contributed by atoms with van der Waals surface area (Å²) in [6.45, 7) is 2.12. The van der Waals surface area contributed by atoms with Gasteiger partial charge in [-0.05, 0) is 36.1 Å². The van der Waals surface area contributed by atoms with E-state index < -0.39 is 0 Å².